The van der Waals surface area contributed by atoms with E-state index in [1.54, 1.807) is 0 Å². The third-order valence-corrected chi connectivity index (χ3v) is 13.0. The average molecular weight is 963 g/mol. The van der Waals surface area contributed by atoms with Crippen LogP contribution in [0.15, 0.2) is 85.1 Å². The normalized spacial score (nSPS) is 13.8. The molecule has 0 saturated heterocycles. The Morgan fingerprint density at radius 3 is 1.26 bits per heavy atom. The summed E-state index contributed by atoms with van der Waals surface area (Å²) in [5, 5.41) is 23.9. The van der Waals surface area contributed by atoms with E-state index in [0.29, 0.717) is 19.3 Å². The number of esters is 1. The highest BCUT2D eigenvalue weighted by Gasteiger charge is 2.23. The summed E-state index contributed by atoms with van der Waals surface area (Å²) in [6.45, 7) is 6.34. The second-order valence-electron chi connectivity index (χ2n) is 19.7. The summed E-state index contributed by atoms with van der Waals surface area (Å²) in [7, 11) is 0. The summed E-state index contributed by atoms with van der Waals surface area (Å²) in [5.41, 5.74) is 0. The number of ether oxygens (including phenoxy) is 1. The number of allylic oxidation sites excluding steroid dienone is 13. The summed E-state index contributed by atoms with van der Waals surface area (Å²) in [6.07, 6.45) is 73.8. The molecule has 0 aromatic heterocycles. The van der Waals surface area contributed by atoms with E-state index in [4.69, 9.17) is 4.74 Å². The number of aliphatic hydroxyl groups is 2. The van der Waals surface area contributed by atoms with Crippen LogP contribution < -0.4 is 5.32 Å². The fraction of sp³-hybridized carbons (Fsp3) is 0.746. The number of hydrogen-bond acceptors (Lipinski definition) is 5. The van der Waals surface area contributed by atoms with E-state index in [9.17, 15) is 19.8 Å². The Kier molecular flexibility index (Phi) is 53.6. The second kappa shape index (κ2) is 56.0. The molecule has 1 amide bonds. The molecule has 6 nitrogen and oxygen atoms in total. The highest BCUT2D eigenvalue weighted by molar-refractivity contribution is 5.77. The Hall–Kier alpha value is -2.96. The van der Waals surface area contributed by atoms with E-state index in [0.717, 1.165) is 77.0 Å². The quantitative estimate of drug-likeness (QED) is 0.0321. The number of hydrogen-bond donors (Lipinski definition) is 3. The van der Waals surface area contributed by atoms with Crippen LogP contribution in [0.2, 0.25) is 0 Å². The number of unbranched alkanes of at least 4 members (excludes halogenated alkanes) is 27. The van der Waals surface area contributed by atoms with Gasteiger partial charge in [-0.05, 0) is 77.0 Å². The molecule has 0 fully saturated rings. The van der Waals surface area contributed by atoms with Gasteiger partial charge in [-0.25, -0.2) is 0 Å². The molecule has 0 bridgehead atoms. The third-order valence-electron chi connectivity index (χ3n) is 13.0. The average Bonchev–Trinajstić information content (AvgIpc) is 3.34. The van der Waals surface area contributed by atoms with Gasteiger partial charge in [0, 0.05) is 12.8 Å². The Morgan fingerprint density at radius 1 is 0.449 bits per heavy atom. The topological polar surface area (TPSA) is 95.9 Å². The molecule has 3 unspecified atom stereocenters. The first kappa shape index (κ1) is 66.0. The molecule has 69 heavy (non-hydrogen) atoms. The van der Waals surface area contributed by atoms with Crippen molar-refractivity contribution >= 4 is 11.9 Å². The standard InChI is InChI=1S/C63H111NO5/c1-4-7-10-13-16-19-22-25-28-30-31-32-35-38-41-44-47-50-53-56-63(68)69-59(54-51-48-45-42-39-36-33-27-24-21-18-15-12-9-6-3)57-62(67)64-60(58-65)61(66)55-52-49-46-43-40-37-34-29-26-23-20-17-14-11-8-5-2/h9,12,16,18-19,21,25,27-28,33,39,42,48,51,59-61,65-66H,4-8,10-11,13-15,17,20,22-24,26,29-32,34-38,40-41,43-47,49-50,52-58H2,1-3H3,(H,64,67)/b12-9-,19-16-,21-18-,28-25-,33-27-,42-39-,51-48-. The fourth-order valence-corrected chi connectivity index (χ4v) is 8.54. The van der Waals surface area contributed by atoms with Crippen LogP contribution in [0.1, 0.15) is 278 Å². The largest absolute Gasteiger partial charge is 0.461 e. The SMILES string of the molecule is CC/C=C\C/C=C\C/C=C\C/C=C\C/C=C\CC(CC(=O)NC(CO)C(O)CCCCCCCCCCCCCCCCCC)OC(=O)CCCCCCCCCCC/C=C\C/C=C\CCCCC. The molecule has 0 rings (SSSR count). The number of amides is 1. The predicted molar refractivity (Wildman–Crippen MR) is 301 cm³/mol. The third kappa shape index (κ3) is 51.2. The van der Waals surface area contributed by atoms with Crippen LogP contribution in [0.3, 0.4) is 0 Å². The number of carbonyl (C=O) groups is 2. The first-order valence-corrected chi connectivity index (χ1v) is 29.3. The molecule has 0 radical (unpaired) electrons. The van der Waals surface area contributed by atoms with Gasteiger partial charge in [-0.1, -0.05) is 266 Å². The molecule has 0 heterocycles. The lowest BCUT2D eigenvalue weighted by Gasteiger charge is -2.24. The van der Waals surface area contributed by atoms with Gasteiger partial charge in [0.2, 0.25) is 5.91 Å². The summed E-state index contributed by atoms with van der Waals surface area (Å²) in [4.78, 5) is 26.3. The van der Waals surface area contributed by atoms with Crippen molar-refractivity contribution < 1.29 is 24.5 Å². The molecule has 0 aliphatic heterocycles. The smallest absolute Gasteiger partial charge is 0.306 e. The van der Waals surface area contributed by atoms with Gasteiger partial charge in [0.1, 0.15) is 6.10 Å². The molecular weight excluding hydrogens is 851 g/mol. The van der Waals surface area contributed by atoms with Crippen molar-refractivity contribution in [1.82, 2.24) is 5.32 Å². The molecule has 398 valence electrons. The molecule has 3 N–H and O–H groups in total. The van der Waals surface area contributed by atoms with E-state index < -0.39 is 18.2 Å². The van der Waals surface area contributed by atoms with Gasteiger partial charge in [0.15, 0.2) is 0 Å². The lowest BCUT2D eigenvalue weighted by molar-refractivity contribution is -0.150. The summed E-state index contributed by atoms with van der Waals surface area (Å²) < 4.78 is 5.90. The molecule has 0 aliphatic carbocycles. The van der Waals surface area contributed by atoms with Gasteiger partial charge in [-0.3, -0.25) is 9.59 Å². The Bertz CT molecular complexity index is 1310. The molecule has 0 saturated carbocycles. The van der Waals surface area contributed by atoms with Gasteiger partial charge in [0.25, 0.3) is 0 Å². The van der Waals surface area contributed by atoms with E-state index in [1.165, 1.54) is 154 Å². The second-order valence-corrected chi connectivity index (χ2v) is 19.7. The number of carbonyl (C=O) groups excluding carboxylic acids is 2. The molecule has 0 aliphatic rings. The minimum absolute atomic E-state index is 0.00482. The maximum Gasteiger partial charge on any atom is 0.306 e. The minimum atomic E-state index is -0.817. The van der Waals surface area contributed by atoms with E-state index >= 15 is 0 Å². The lowest BCUT2D eigenvalue weighted by Crippen LogP contribution is -2.46. The van der Waals surface area contributed by atoms with Crippen molar-refractivity contribution in [2.24, 2.45) is 0 Å². The molecule has 3 atom stereocenters. The van der Waals surface area contributed by atoms with Crippen LogP contribution in [-0.4, -0.2) is 46.9 Å². The zero-order chi connectivity index (χ0) is 50.2. The molecule has 0 aromatic rings. The highest BCUT2D eigenvalue weighted by atomic mass is 16.5. The molecular formula is C63H111NO5. The van der Waals surface area contributed by atoms with E-state index in [2.05, 4.69) is 105 Å². The fourth-order valence-electron chi connectivity index (χ4n) is 8.54. The molecule has 0 spiro atoms. The summed E-state index contributed by atoms with van der Waals surface area (Å²) in [5.74, 6) is -0.581. The highest BCUT2D eigenvalue weighted by Crippen LogP contribution is 2.17. The Balaban J connectivity index is 4.64. The minimum Gasteiger partial charge on any atom is -0.461 e. The van der Waals surface area contributed by atoms with Crippen LogP contribution in [0.5, 0.6) is 0 Å². The zero-order valence-electron chi connectivity index (χ0n) is 45.4. The van der Waals surface area contributed by atoms with Gasteiger partial charge in [-0.2, -0.15) is 0 Å². The van der Waals surface area contributed by atoms with Gasteiger partial charge in [0.05, 0.1) is 25.2 Å². The summed E-state index contributed by atoms with van der Waals surface area (Å²) in [6, 6.07) is -0.738. The van der Waals surface area contributed by atoms with Crippen molar-refractivity contribution in [2.75, 3.05) is 6.61 Å². The van der Waals surface area contributed by atoms with Crippen LogP contribution in [-0.2, 0) is 14.3 Å². The van der Waals surface area contributed by atoms with Gasteiger partial charge in [-0.15, -0.1) is 0 Å². The number of nitrogens with one attached hydrogen (secondary N) is 1. The van der Waals surface area contributed by atoms with Crippen molar-refractivity contribution in [3.05, 3.63) is 85.1 Å². The number of aliphatic hydroxyl groups excluding tert-OH is 2. The van der Waals surface area contributed by atoms with Crippen LogP contribution in [0.4, 0.5) is 0 Å². The van der Waals surface area contributed by atoms with Crippen LogP contribution >= 0.6 is 0 Å². The van der Waals surface area contributed by atoms with Gasteiger partial charge >= 0.3 is 5.97 Å². The monoisotopic (exact) mass is 962 g/mol. The van der Waals surface area contributed by atoms with Crippen molar-refractivity contribution in [1.29, 1.82) is 0 Å². The predicted octanol–water partition coefficient (Wildman–Crippen LogP) is 18.3. The van der Waals surface area contributed by atoms with Crippen molar-refractivity contribution in [3.8, 4) is 0 Å². The lowest BCUT2D eigenvalue weighted by atomic mass is 10.0. The van der Waals surface area contributed by atoms with E-state index in [-0.39, 0.29) is 24.9 Å². The van der Waals surface area contributed by atoms with Crippen LogP contribution in [0, 0.1) is 0 Å². The van der Waals surface area contributed by atoms with Gasteiger partial charge < -0.3 is 20.3 Å². The van der Waals surface area contributed by atoms with Crippen molar-refractivity contribution in [2.45, 2.75) is 296 Å². The maximum atomic E-state index is 13.3. The number of rotatable bonds is 52. The molecule has 6 heteroatoms. The maximum absolute atomic E-state index is 13.3. The van der Waals surface area contributed by atoms with Crippen LogP contribution in [0.25, 0.3) is 0 Å². The first-order chi connectivity index (χ1) is 34.0. The zero-order valence-corrected chi connectivity index (χ0v) is 45.4. The Labute approximate surface area is 427 Å². The van der Waals surface area contributed by atoms with Crippen molar-refractivity contribution in [3.63, 3.8) is 0 Å². The molecule has 0 aromatic carbocycles. The van der Waals surface area contributed by atoms with E-state index in [1.807, 2.05) is 6.08 Å². The Morgan fingerprint density at radius 2 is 0.812 bits per heavy atom. The first-order valence-electron chi connectivity index (χ1n) is 29.3. The summed E-state index contributed by atoms with van der Waals surface area (Å²) >= 11 is 0.